The van der Waals surface area contributed by atoms with Gasteiger partial charge < -0.3 is 5.32 Å². The zero-order chi connectivity index (χ0) is 18.0. The summed E-state index contributed by atoms with van der Waals surface area (Å²) in [7, 11) is 0. The SMILES string of the molecule is CCCc1c(C(=O)Nc2ccc(C(F)(F)F)cc2)sc2ccccc12. The minimum absolute atomic E-state index is 0.288. The quantitative estimate of drug-likeness (QED) is 0.594. The van der Waals surface area contributed by atoms with Gasteiger partial charge in [0.05, 0.1) is 10.4 Å². The second-order valence-electron chi connectivity index (χ2n) is 5.69. The van der Waals surface area contributed by atoms with Gasteiger partial charge in [0.1, 0.15) is 0 Å². The Morgan fingerprint density at radius 1 is 1.08 bits per heavy atom. The average Bonchev–Trinajstić information content (AvgIpc) is 2.94. The third kappa shape index (κ3) is 3.69. The number of amides is 1. The maximum absolute atomic E-state index is 12.6. The fourth-order valence-corrected chi connectivity index (χ4v) is 3.86. The van der Waals surface area contributed by atoms with E-state index in [0.29, 0.717) is 10.6 Å². The highest BCUT2D eigenvalue weighted by Crippen LogP contribution is 2.33. The van der Waals surface area contributed by atoms with Gasteiger partial charge in [0, 0.05) is 10.4 Å². The van der Waals surface area contributed by atoms with E-state index in [2.05, 4.69) is 5.32 Å². The Hall–Kier alpha value is -2.34. The minimum atomic E-state index is -4.39. The summed E-state index contributed by atoms with van der Waals surface area (Å²) < 4.78 is 38.9. The van der Waals surface area contributed by atoms with Crippen LogP contribution in [-0.2, 0) is 12.6 Å². The van der Waals surface area contributed by atoms with Crippen LogP contribution in [0.15, 0.2) is 48.5 Å². The highest BCUT2D eigenvalue weighted by atomic mass is 32.1. The second kappa shape index (κ2) is 6.88. The Morgan fingerprint density at radius 3 is 2.40 bits per heavy atom. The largest absolute Gasteiger partial charge is 0.416 e. The van der Waals surface area contributed by atoms with Crippen LogP contribution >= 0.6 is 11.3 Å². The first kappa shape index (κ1) is 17.5. The van der Waals surface area contributed by atoms with Crippen molar-refractivity contribution in [3.8, 4) is 0 Å². The van der Waals surface area contributed by atoms with Gasteiger partial charge in [-0.05, 0) is 47.7 Å². The summed E-state index contributed by atoms with van der Waals surface area (Å²) in [4.78, 5) is 13.3. The molecule has 1 heterocycles. The number of halogens is 3. The van der Waals surface area contributed by atoms with Gasteiger partial charge in [0.15, 0.2) is 0 Å². The molecule has 0 radical (unpaired) electrons. The Morgan fingerprint density at radius 2 is 1.76 bits per heavy atom. The van der Waals surface area contributed by atoms with Gasteiger partial charge in [-0.25, -0.2) is 0 Å². The fourth-order valence-electron chi connectivity index (χ4n) is 2.71. The molecule has 0 bridgehead atoms. The number of hydrogen-bond acceptors (Lipinski definition) is 2. The van der Waals surface area contributed by atoms with Gasteiger partial charge >= 0.3 is 6.18 Å². The lowest BCUT2D eigenvalue weighted by Crippen LogP contribution is -2.12. The molecule has 2 nitrogen and oxygen atoms in total. The number of anilines is 1. The van der Waals surface area contributed by atoms with E-state index < -0.39 is 11.7 Å². The molecule has 3 rings (SSSR count). The van der Waals surface area contributed by atoms with Gasteiger partial charge in [-0.3, -0.25) is 4.79 Å². The first-order valence-corrected chi connectivity index (χ1v) is 8.71. The Bertz CT molecular complexity index is 897. The van der Waals surface area contributed by atoms with Crippen molar-refractivity contribution in [1.82, 2.24) is 0 Å². The van der Waals surface area contributed by atoms with E-state index in [-0.39, 0.29) is 5.91 Å². The average molecular weight is 363 g/mol. The number of benzene rings is 2. The number of alkyl halides is 3. The van der Waals surface area contributed by atoms with Crippen LogP contribution in [0, 0.1) is 0 Å². The molecular weight excluding hydrogens is 347 g/mol. The highest BCUT2D eigenvalue weighted by molar-refractivity contribution is 7.21. The van der Waals surface area contributed by atoms with Crippen LogP contribution < -0.4 is 5.32 Å². The molecular formula is C19H16F3NOS. The lowest BCUT2D eigenvalue weighted by Gasteiger charge is -2.09. The lowest BCUT2D eigenvalue weighted by atomic mass is 10.1. The molecule has 25 heavy (non-hydrogen) atoms. The van der Waals surface area contributed by atoms with Crippen LogP contribution in [0.25, 0.3) is 10.1 Å². The Kier molecular flexibility index (Phi) is 4.81. The summed E-state index contributed by atoms with van der Waals surface area (Å²) in [5.41, 5.74) is 0.601. The Balaban J connectivity index is 1.88. The summed E-state index contributed by atoms with van der Waals surface area (Å²) in [5, 5.41) is 3.76. The first-order valence-electron chi connectivity index (χ1n) is 7.89. The van der Waals surface area contributed by atoms with Gasteiger partial charge in [-0.2, -0.15) is 13.2 Å². The van der Waals surface area contributed by atoms with Crippen LogP contribution in [0.2, 0.25) is 0 Å². The first-order chi connectivity index (χ1) is 11.9. The number of nitrogens with one attached hydrogen (secondary N) is 1. The van der Waals surface area contributed by atoms with Crippen molar-refractivity contribution in [3.05, 3.63) is 64.5 Å². The third-order valence-corrected chi connectivity index (χ3v) is 5.09. The summed E-state index contributed by atoms with van der Waals surface area (Å²) >= 11 is 1.41. The van der Waals surface area contributed by atoms with Crippen LogP contribution in [0.1, 0.15) is 34.1 Å². The molecule has 6 heteroatoms. The van der Waals surface area contributed by atoms with E-state index in [1.54, 1.807) is 0 Å². The highest BCUT2D eigenvalue weighted by Gasteiger charge is 2.30. The van der Waals surface area contributed by atoms with Crippen molar-refractivity contribution in [2.45, 2.75) is 25.9 Å². The van der Waals surface area contributed by atoms with E-state index in [9.17, 15) is 18.0 Å². The topological polar surface area (TPSA) is 29.1 Å². The van der Waals surface area contributed by atoms with Crippen LogP contribution in [-0.4, -0.2) is 5.91 Å². The van der Waals surface area contributed by atoms with Crippen LogP contribution in [0.5, 0.6) is 0 Å². The lowest BCUT2D eigenvalue weighted by molar-refractivity contribution is -0.137. The summed E-state index contributed by atoms with van der Waals surface area (Å²) in [6.07, 6.45) is -2.70. The third-order valence-electron chi connectivity index (χ3n) is 3.87. The molecule has 0 atom stereocenters. The predicted octanol–water partition coefficient (Wildman–Crippen LogP) is 6.12. The van der Waals surface area contributed by atoms with E-state index in [1.165, 1.54) is 23.5 Å². The number of thiophene rings is 1. The van der Waals surface area contributed by atoms with Gasteiger partial charge in [0.25, 0.3) is 5.91 Å². The van der Waals surface area contributed by atoms with Crippen molar-refractivity contribution >= 4 is 33.0 Å². The van der Waals surface area contributed by atoms with Crippen molar-refractivity contribution in [2.75, 3.05) is 5.32 Å². The summed E-state index contributed by atoms with van der Waals surface area (Å²) in [6.45, 7) is 2.05. The number of carbonyl (C=O) groups excluding carboxylic acids is 1. The Labute approximate surface area is 147 Å². The molecule has 0 saturated carbocycles. The predicted molar refractivity (Wildman–Crippen MR) is 95.2 cm³/mol. The molecule has 1 aromatic heterocycles. The van der Waals surface area contributed by atoms with E-state index in [1.807, 2.05) is 31.2 Å². The minimum Gasteiger partial charge on any atom is -0.321 e. The van der Waals surface area contributed by atoms with Crippen molar-refractivity contribution < 1.29 is 18.0 Å². The molecule has 1 amide bonds. The fraction of sp³-hybridized carbons (Fsp3) is 0.211. The molecule has 130 valence electrons. The molecule has 1 N–H and O–H groups in total. The zero-order valence-electron chi connectivity index (χ0n) is 13.5. The molecule has 2 aromatic carbocycles. The monoisotopic (exact) mass is 363 g/mol. The normalized spacial score (nSPS) is 11.7. The van der Waals surface area contributed by atoms with Gasteiger partial charge in [-0.1, -0.05) is 31.5 Å². The standard InChI is InChI=1S/C19H16F3NOS/c1-2-5-15-14-6-3-4-7-16(14)25-17(15)18(24)23-13-10-8-12(9-11-13)19(20,21)22/h3-4,6-11H,2,5H2,1H3,(H,23,24). The summed E-state index contributed by atoms with van der Waals surface area (Å²) in [6, 6.07) is 12.3. The number of hydrogen-bond donors (Lipinski definition) is 1. The molecule has 3 aromatic rings. The van der Waals surface area contributed by atoms with Crippen molar-refractivity contribution in [1.29, 1.82) is 0 Å². The van der Waals surface area contributed by atoms with Crippen LogP contribution in [0.4, 0.5) is 18.9 Å². The number of fused-ring (bicyclic) bond motifs is 1. The van der Waals surface area contributed by atoms with Crippen molar-refractivity contribution in [2.24, 2.45) is 0 Å². The molecule has 0 aliphatic carbocycles. The molecule has 0 aliphatic rings. The maximum Gasteiger partial charge on any atom is 0.416 e. The van der Waals surface area contributed by atoms with Gasteiger partial charge in [-0.15, -0.1) is 11.3 Å². The van der Waals surface area contributed by atoms with Crippen LogP contribution in [0.3, 0.4) is 0 Å². The molecule has 0 spiro atoms. The van der Waals surface area contributed by atoms with E-state index in [0.717, 1.165) is 40.6 Å². The molecule has 0 saturated heterocycles. The van der Waals surface area contributed by atoms with Crippen molar-refractivity contribution in [3.63, 3.8) is 0 Å². The number of carbonyl (C=O) groups is 1. The molecule has 0 aliphatic heterocycles. The zero-order valence-corrected chi connectivity index (χ0v) is 14.3. The summed E-state index contributed by atoms with van der Waals surface area (Å²) in [5.74, 6) is -0.288. The second-order valence-corrected chi connectivity index (χ2v) is 6.74. The number of rotatable bonds is 4. The number of aryl methyl sites for hydroxylation is 1. The molecule has 0 fully saturated rings. The maximum atomic E-state index is 12.6. The van der Waals surface area contributed by atoms with Gasteiger partial charge in [0.2, 0.25) is 0 Å². The smallest absolute Gasteiger partial charge is 0.321 e. The van der Waals surface area contributed by atoms with E-state index >= 15 is 0 Å². The molecule has 0 unspecified atom stereocenters. The van der Waals surface area contributed by atoms with E-state index in [4.69, 9.17) is 0 Å².